The van der Waals surface area contributed by atoms with Crippen LogP contribution in [0.4, 0.5) is 0 Å². The molecule has 0 heterocycles. The zero-order chi connectivity index (χ0) is 27.1. The molecule has 0 amide bonds. The van der Waals surface area contributed by atoms with Gasteiger partial charge < -0.3 is 49.1 Å². The average molecular weight is 599 g/mol. The van der Waals surface area contributed by atoms with E-state index in [2.05, 4.69) is 6.92 Å². The van der Waals surface area contributed by atoms with Gasteiger partial charge in [-0.3, -0.25) is 0 Å². The van der Waals surface area contributed by atoms with Gasteiger partial charge in [0.1, 0.15) is 0 Å². The molecule has 0 spiro atoms. The fraction of sp³-hybridized carbons (Fsp3) is 1.00. The molecule has 4 rings (SSSR count). The van der Waals surface area contributed by atoms with E-state index in [0.29, 0.717) is 25.7 Å². The first-order valence-corrected chi connectivity index (χ1v) is 16.4. The normalized spacial score (nSPS) is 47.9. The molecule has 0 aromatic carbocycles. The molecule has 6 N–H and O–H groups in total. The first kappa shape index (κ1) is 36.3. The number of aliphatic hydroxyl groups is 4. The van der Waals surface area contributed by atoms with E-state index >= 15 is 0 Å². The van der Waals surface area contributed by atoms with Crippen LogP contribution in [0.25, 0.3) is 0 Å². The van der Waals surface area contributed by atoms with Crippen molar-refractivity contribution in [2.45, 2.75) is 102 Å². The van der Waals surface area contributed by atoms with Crippen molar-refractivity contribution in [3.8, 4) is 0 Å². The van der Waals surface area contributed by atoms with Crippen molar-refractivity contribution in [1.82, 2.24) is 0 Å². The molecule has 210 valence electrons. The van der Waals surface area contributed by atoms with Crippen LogP contribution in [-0.2, 0) is 9.13 Å². The molecular formula is C24H42Na2O10P2. The predicted molar refractivity (Wildman–Crippen MR) is 127 cm³/mol. The minimum Gasteiger partial charge on any atom is -0.776 e. The van der Waals surface area contributed by atoms with Crippen LogP contribution in [0.15, 0.2) is 0 Å². The van der Waals surface area contributed by atoms with Crippen molar-refractivity contribution in [3.63, 3.8) is 0 Å². The molecule has 0 aliphatic heterocycles. The van der Waals surface area contributed by atoms with Crippen LogP contribution < -0.4 is 68.9 Å². The van der Waals surface area contributed by atoms with E-state index in [4.69, 9.17) is 0 Å². The van der Waals surface area contributed by atoms with Gasteiger partial charge in [0, 0.05) is 0 Å². The monoisotopic (exact) mass is 598 g/mol. The van der Waals surface area contributed by atoms with Crippen LogP contribution in [0.3, 0.4) is 0 Å². The summed E-state index contributed by atoms with van der Waals surface area (Å²) in [6.45, 7) is 6.04. The summed E-state index contributed by atoms with van der Waals surface area (Å²) < 4.78 is 23.3. The van der Waals surface area contributed by atoms with E-state index in [0.717, 1.165) is 19.3 Å². The van der Waals surface area contributed by atoms with Gasteiger partial charge in [-0.05, 0) is 104 Å². The van der Waals surface area contributed by atoms with E-state index in [-0.39, 0.29) is 113 Å². The average Bonchev–Trinajstić information content (AvgIpc) is 3.10. The Morgan fingerprint density at radius 2 is 1.53 bits per heavy atom. The molecule has 14 heteroatoms. The van der Waals surface area contributed by atoms with Crippen LogP contribution in [0.5, 0.6) is 0 Å². The topological polar surface area (TPSA) is 202 Å². The standard InChI is InChI=1S/C24H44O10P2.2Na/c1-13(6-9-24(28,35(29,30)31)36(32,33)34)16-4-5-17-21-18(12-20(27)23(16,17)3)22(2)8-7-15(25)10-14(22)11-19(21)26;;/h13-21,25-28H,4-12H2,1-3H3,(H2,29,30,31)(H2,32,33,34);;/q;2*+1/p-2/t13-,14+,15-,16-,17+,18+,19-,20+,21+,22+,23-;;/m1../s1. The number of fused-ring (bicyclic) bond motifs is 5. The molecule has 10 nitrogen and oxygen atoms in total. The van der Waals surface area contributed by atoms with Gasteiger partial charge in [0.25, 0.3) is 0 Å². The van der Waals surface area contributed by atoms with Gasteiger partial charge in [-0.1, -0.05) is 20.8 Å². The summed E-state index contributed by atoms with van der Waals surface area (Å²) in [6, 6.07) is 0. The van der Waals surface area contributed by atoms with E-state index in [1.807, 2.05) is 6.92 Å². The number of aliphatic hydroxyl groups excluding tert-OH is 3. The quantitative estimate of drug-likeness (QED) is 0.127. The van der Waals surface area contributed by atoms with Gasteiger partial charge >= 0.3 is 59.1 Å². The Kier molecular flexibility index (Phi) is 11.7. The maximum atomic E-state index is 11.7. The van der Waals surface area contributed by atoms with E-state index in [1.165, 1.54) is 0 Å². The molecule has 0 aromatic heterocycles. The maximum absolute atomic E-state index is 11.7. The third-order valence-electron chi connectivity index (χ3n) is 11.4. The van der Waals surface area contributed by atoms with Gasteiger partial charge in [-0.25, -0.2) is 0 Å². The Morgan fingerprint density at radius 1 is 0.947 bits per heavy atom. The number of rotatable bonds is 6. The second-order valence-corrected chi connectivity index (χ2v) is 16.8. The van der Waals surface area contributed by atoms with Crippen LogP contribution in [0, 0.1) is 46.3 Å². The fourth-order valence-electron chi connectivity index (χ4n) is 9.20. The summed E-state index contributed by atoms with van der Waals surface area (Å²) in [4.78, 5) is 42.0. The van der Waals surface area contributed by atoms with Crippen molar-refractivity contribution in [1.29, 1.82) is 0 Å². The predicted octanol–water partition coefficient (Wildman–Crippen LogP) is -4.89. The SMILES string of the molecule is C[C@H](CCC(O)(P(=O)([O-])O)P(=O)([O-])O)[C@H]1CC[C@H]2[C@@H]3[C@H](O)C[C@@H]4C[C@H](O)CC[C@]4(C)[C@H]3C[C@H](O)[C@]12C.[Na+].[Na+]. The van der Waals surface area contributed by atoms with Crippen LogP contribution in [0.2, 0.25) is 0 Å². The van der Waals surface area contributed by atoms with Crippen LogP contribution >= 0.6 is 15.2 Å². The van der Waals surface area contributed by atoms with Gasteiger partial charge in [0.15, 0.2) is 20.3 Å². The minimum atomic E-state index is -5.83. The Bertz CT molecular complexity index is 923. The molecule has 4 fully saturated rings. The zero-order valence-electron chi connectivity index (χ0n) is 23.3. The molecule has 4 aliphatic rings. The maximum Gasteiger partial charge on any atom is 1.00 e. The first-order chi connectivity index (χ1) is 16.4. The van der Waals surface area contributed by atoms with Gasteiger partial charge in [0.05, 0.1) is 18.3 Å². The molecule has 4 aliphatic carbocycles. The minimum absolute atomic E-state index is 0. The smallest absolute Gasteiger partial charge is 0.776 e. The van der Waals surface area contributed by atoms with Crippen LogP contribution in [0.1, 0.15) is 78.6 Å². The number of hydrogen-bond acceptors (Lipinski definition) is 8. The Morgan fingerprint density at radius 3 is 2.08 bits per heavy atom. The van der Waals surface area contributed by atoms with Gasteiger partial charge in [-0.15, -0.1) is 0 Å². The largest absolute Gasteiger partial charge is 1.00 e. The van der Waals surface area contributed by atoms with Crippen molar-refractivity contribution in [2.75, 3.05) is 0 Å². The Hall–Kier alpha value is 2.14. The second-order valence-electron chi connectivity index (χ2n) is 12.9. The second kappa shape index (κ2) is 12.3. The molecule has 0 saturated heterocycles. The molecule has 0 aromatic rings. The van der Waals surface area contributed by atoms with E-state index in [9.17, 15) is 49.1 Å². The summed E-state index contributed by atoms with van der Waals surface area (Å²) in [5.41, 5.74) is -0.670. The molecule has 4 saturated carbocycles. The molecule has 0 bridgehead atoms. The van der Waals surface area contributed by atoms with Gasteiger partial charge in [0.2, 0.25) is 0 Å². The molecular weight excluding hydrogens is 556 g/mol. The van der Waals surface area contributed by atoms with Crippen molar-refractivity contribution >= 4 is 15.2 Å². The summed E-state index contributed by atoms with van der Waals surface area (Å²) >= 11 is 0. The molecule has 0 radical (unpaired) electrons. The first-order valence-electron chi connectivity index (χ1n) is 13.2. The zero-order valence-corrected chi connectivity index (χ0v) is 29.1. The van der Waals surface area contributed by atoms with Gasteiger partial charge in [-0.2, -0.15) is 0 Å². The van der Waals surface area contributed by atoms with Crippen molar-refractivity contribution in [3.05, 3.63) is 0 Å². The van der Waals surface area contributed by atoms with E-state index in [1.54, 1.807) is 6.92 Å². The summed E-state index contributed by atoms with van der Waals surface area (Å²) in [7, 11) is -11.7. The summed E-state index contributed by atoms with van der Waals surface area (Å²) in [6.07, 6.45) is 2.26. The number of hydrogen-bond donors (Lipinski definition) is 6. The third kappa shape index (κ3) is 5.81. The molecule has 13 atom stereocenters. The Balaban J connectivity index is 0.00000253. The molecule has 2 unspecified atom stereocenters. The Labute approximate surface area is 269 Å². The molecule has 38 heavy (non-hydrogen) atoms. The van der Waals surface area contributed by atoms with Crippen molar-refractivity contribution < 1.29 is 108 Å². The third-order valence-corrected chi connectivity index (χ3v) is 15.1. The van der Waals surface area contributed by atoms with Crippen LogP contribution in [-0.4, -0.2) is 53.6 Å². The van der Waals surface area contributed by atoms with E-state index < -0.39 is 44.3 Å². The summed E-state index contributed by atoms with van der Waals surface area (Å²) in [5.74, 6) is -0.141. The fourth-order valence-corrected chi connectivity index (χ4v) is 11.3. The van der Waals surface area contributed by atoms with Crippen molar-refractivity contribution in [2.24, 2.45) is 46.3 Å². The summed E-state index contributed by atoms with van der Waals surface area (Å²) in [5, 5.41) is 39.7.